The Hall–Kier alpha value is -1.48. The molecule has 1 aromatic carbocycles. The molecule has 1 heterocycles. The Kier molecular flexibility index (Phi) is 3.25. The topological polar surface area (TPSA) is 41.5 Å². The Morgan fingerprint density at radius 2 is 2.13 bits per heavy atom. The summed E-state index contributed by atoms with van der Waals surface area (Å²) >= 11 is 0. The molecule has 0 radical (unpaired) electrons. The number of benzene rings is 1. The first kappa shape index (κ1) is 10.1. The maximum absolute atomic E-state index is 10.7. The zero-order valence-electron chi connectivity index (χ0n) is 8.57. The second kappa shape index (κ2) is 4.84. The standard InChI is InChI=1S/C12H14N2O/c15-14-12-6-2-1-5-11(12)10-4-3-8-13-9-7-10/h1-2,5-7,13H,3-4,8-9H2. The van der Waals surface area contributed by atoms with Crippen molar-refractivity contribution in [3.8, 4) is 0 Å². The summed E-state index contributed by atoms with van der Waals surface area (Å²) in [5.41, 5.74) is 2.76. The second-order valence-electron chi connectivity index (χ2n) is 3.65. The van der Waals surface area contributed by atoms with Gasteiger partial charge < -0.3 is 5.32 Å². The average molecular weight is 202 g/mol. The molecule has 1 aliphatic rings. The van der Waals surface area contributed by atoms with Gasteiger partial charge in [0.2, 0.25) is 0 Å². The van der Waals surface area contributed by atoms with Crippen LogP contribution in [0.25, 0.3) is 5.57 Å². The van der Waals surface area contributed by atoms with Gasteiger partial charge in [-0.2, -0.15) is 0 Å². The monoisotopic (exact) mass is 202 g/mol. The van der Waals surface area contributed by atoms with Crippen LogP contribution in [0.4, 0.5) is 5.69 Å². The number of hydrogen-bond donors (Lipinski definition) is 1. The van der Waals surface area contributed by atoms with Crippen molar-refractivity contribution in [3.63, 3.8) is 0 Å². The van der Waals surface area contributed by atoms with E-state index >= 15 is 0 Å². The molecule has 78 valence electrons. The van der Waals surface area contributed by atoms with Crippen molar-refractivity contribution in [2.75, 3.05) is 13.1 Å². The summed E-state index contributed by atoms with van der Waals surface area (Å²) in [6.45, 7) is 1.92. The van der Waals surface area contributed by atoms with E-state index in [0.29, 0.717) is 5.69 Å². The fraction of sp³-hybridized carbons (Fsp3) is 0.333. The molecule has 1 N–H and O–H groups in total. The molecule has 1 aromatic rings. The van der Waals surface area contributed by atoms with E-state index in [-0.39, 0.29) is 0 Å². The Morgan fingerprint density at radius 1 is 1.27 bits per heavy atom. The van der Waals surface area contributed by atoms with Gasteiger partial charge in [0.15, 0.2) is 0 Å². The van der Waals surface area contributed by atoms with E-state index in [1.807, 2.05) is 18.2 Å². The molecular weight excluding hydrogens is 188 g/mol. The summed E-state index contributed by atoms with van der Waals surface area (Å²) < 4.78 is 0. The normalized spacial score (nSPS) is 16.7. The van der Waals surface area contributed by atoms with E-state index < -0.39 is 0 Å². The minimum atomic E-state index is 0.547. The second-order valence-corrected chi connectivity index (χ2v) is 3.65. The molecule has 0 amide bonds. The molecule has 0 fully saturated rings. The van der Waals surface area contributed by atoms with Gasteiger partial charge in [-0.1, -0.05) is 24.3 Å². The molecular formula is C12H14N2O. The summed E-state index contributed by atoms with van der Waals surface area (Å²) in [5, 5.41) is 6.36. The lowest BCUT2D eigenvalue weighted by Gasteiger charge is -2.06. The van der Waals surface area contributed by atoms with Crippen molar-refractivity contribution in [1.82, 2.24) is 5.32 Å². The van der Waals surface area contributed by atoms with Crippen LogP contribution in [0.15, 0.2) is 35.5 Å². The molecule has 0 unspecified atom stereocenters. The van der Waals surface area contributed by atoms with Crippen LogP contribution in [-0.2, 0) is 0 Å². The number of nitroso groups, excluding NO2 is 1. The minimum Gasteiger partial charge on any atom is -0.313 e. The van der Waals surface area contributed by atoms with Gasteiger partial charge in [0.25, 0.3) is 0 Å². The third-order valence-corrected chi connectivity index (χ3v) is 2.64. The van der Waals surface area contributed by atoms with Crippen LogP contribution in [0.1, 0.15) is 18.4 Å². The zero-order valence-corrected chi connectivity index (χ0v) is 8.57. The highest BCUT2D eigenvalue weighted by Crippen LogP contribution is 2.29. The third kappa shape index (κ3) is 2.30. The van der Waals surface area contributed by atoms with Gasteiger partial charge in [-0.25, -0.2) is 0 Å². The highest BCUT2D eigenvalue weighted by molar-refractivity contribution is 5.74. The molecule has 0 saturated carbocycles. The van der Waals surface area contributed by atoms with Gasteiger partial charge in [0, 0.05) is 12.1 Å². The Balaban J connectivity index is 2.34. The summed E-state index contributed by atoms with van der Waals surface area (Å²) in [4.78, 5) is 10.7. The molecule has 0 bridgehead atoms. The highest BCUT2D eigenvalue weighted by atomic mass is 16.3. The zero-order chi connectivity index (χ0) is 10.5. The van der Waals surface area contributed by atoms with E-state index in [1.54, 1.807) is 6.07 Å². The van der Waals surface area contributed by atoms with E-state index in [0.717, 1.165) is 31.5 Å². The molecule has 3 nitrogen and oxygen atoms in total. The van der Waals surface area contributed by atoms with Crippen molar-refractivity contribution >= 4 is 11.3 Å². The average Bonchev–Trinajstić information content (AvgIpc) is 2.57. The van der Waals surface area contributed by atoms with Gasteiger partial charge in [-0.3, -0.25) is 0 Å². The van der Waals surface area contributed by atoms with Crippen LogP contribution in [0.2, 0.25) is 0 Å². The third-order valence-electron chi connectivity index (χ3n) is 2.64. The first-order valence-corrected chi connectivity index (χ1v) is 5.24. The lowest BCUT2D eigenvalue weighted by Crippen LogP contribution is -2.12. The quantitative estimate of drug-likeness (QED) is 0.749. The SMILES string of the molecule is O=Nc1ccccc1C1=CCNCCC1. The van der Waals surface area contributed by atoms with Crippen LogP contribution in [0.5, 0.6) is 0 Å². The van der Waals surface area contributed by atoms with Crippen LogP contribution in [-0.4, -0.2) is 13.1 Å². The summed E-state index contributed by atoms with van der Waals surface area (Å²) in [6.07, 6.45) is 4.27. The summed E-state index contributed by atoms with van der Waals surface area (Å²) in [7, 11) is 0. The number of allylic oxidation sites excluding steroid dienone is 1. The highest BCUT2D eigenvalue weighted by Gasteiger charge is 2.09. The summed E-state index contributed by atoms with van der Waals surface area (Å²) in [5.74, 6) is 0. The number of nitrogens with zero attached hydrogens (tertiary/aromatic N) is 1. The predicted molar refractivity (Wildman–Crippen MR) is 62.0 cm³/mol. The molecule has 0 spiro atoms. The van der Waals surface area contributed by atoms with Gasteiger partial charge in [-0.05, 0) is 36.2 Å². The molecule has 15 heavy (non-hydrogen) atoms. The van der Waals surface area contributed by atoms with Gasteiger partial charge in [0.1, 0.15) is 5.69 Å². The maximum atomic E-state index is 10.7. The first-order valence-electron chi connectivity index (χ1n) is 5.24. The van der Waals surface area contributed by atoms with Gasteiger partial charge in [-0.15, -0.1) is 4.91 Å². The van der Waals surface area contributed by atoms with Crippen LogP contribution >= 0.6 is 0 Å². The molecule has 0 aliphatic carbocycles. The minimum absolute atomic E-state index is 0.547. The largest absolute Gasteiger partial charge is 0.313 e. The molecule has 2 rings (SSSR count). The lowest BCUT2D eigenvalue weighted by atomic mass is 10.00. The fourth-order valence-electron chi connectivity index (χ4n) is 1.87. The molecule has 3 heteroatoms. The van der Waals surface area contributed by atoms with Gasteiger partial charge >= 0.3 is 0 Å². The predicted octanol–water partition coefficient (Wildman–Crippen LogP) is 2.85. The van der Waals surface area contributed by atoms with Crippen LogP contribution in [0.3, 0.4) is 0 Å². The fourth-order valence-corrected chi connectivity index (χ4v) is 1.87. The smallest absolute Gasteiger partial charge is 0.115 e. The van der Waals surface area contributed by atoms with Crippen molar-refractivity contribution in [1.29, 1.82) is 0 Å². The number of nitrogens with one attached hydrogen (secondary N) is 1. The van der Waals surface area contributed by atoms with E-state index in [9.17, 15) is 4.91 Å². The molecule has 0 saturated heterocycles. The van der Waals surface area contributed by atoms with Crippen LogP contribution < -0.4 is 5.32 Å². The van der Waals surface area contributed by atoms with E-state index in [4.69, 9.17) is 0 Å². The number of hydrogen-bond acceptors (Lipinski definition) is 3. The van der Waals surface area contributed by atoms with Gasteiger partial charge in [0.05, 0.1) is 0 Å². The van der Waals surface area contributed by atoms with Crippen molar-refractivity contribution in [2.45, 2.75) is 12.8 Å². The van der Waals surface area contributed by atoms with Crippen molar-refractivity contribution < 1.29 is 0 Å². The molecule has 0 atom stereocenters. The van der Waals surface area contributed by atoms with Crippen LogP contribution in [0, 0.1) is 4.91 Å². The Morgan fingerprint density at radius 3 is 3.00 bits per heavy atom. The Bertz CT molecular complexity index is 385. The van der Waals surface area contributed by atoms with Crippen molar-refractivity contribution in [2.24, 2.45) is 5.18 Å². The van der Waals surface area contributed by atoms with E-state index in [2.05, 4.69) is 16.6 Å². The molecule has 1 aliphatic heterocycles. The first-order chi connectivity index (χ1) is 7.42. The molecule has 0 aromatic heterocycles. The van der Waals surface area contributed by atoms with Crippen molar-refractivity contribution in [3.05, 3.63) is 40.8 Å². The number of rotatable bonds is 2. The lowest BCUT2D eigenvalue weighted by molar-refractivity contribution is 0.723. The Labute approximate surface area is 89.2 Å². The maximum Gasteiger partial charge on any atom is 0.115 e. The van der Waals surface area contributed by atoms with E-state index in [1.165, 1.54) is 5.57 Å². The summed E-state index contributed by atoms with van der Waals surface area (Å²) in [6, 6.07) is 7.52.